The molecule has 0 bridgehead atoms. The summed E-state index contributed by atoms with van der Waals surface area (Å²) in [6.45, 7) is 2.50. The van der Waals surface area contributed by atoms with E-state index in [1.165, 1.54) is 25.9 Å². The van der Waals surface area contributed by atoms with Crippen LogP contribution in [0.15, 0.2) is 0 Å². The highest BCUT2D eigenvalue weighted by atomic mass is 32.3. The highest BCUT2D eigenvalue weighted by molar-refractivity contribution is 7.99. The molecule has 1 fully saturated rings. The summed E-state index contributed by atoms with van der Waals surface area (Å²) in [5.74, 6) is 0. The van der Waals surface area contributed by atoms with E-state index in [4.69, 9.17) is 0 Å². The summed E-state index contributed by atoms with van der Waals surface area (Å²) < 4.78 is 59.3. The fourth-order valence-electron chi connectivity index (χ4n) is 0.744. The van der Waals surface area contributed by atoms with E-state index < -0.39 is 20.8 Å². The van der Waals surface area contributed by atoms with Gasteiger partial charge in [-0.2, -0.15) is 16.8 Å². The van der Waals surface area contributed by atoms with Crippen LogP contribution >= 0.6 is 0 Å². The molecule has 10 heteroatoms. The number of hydrogen-bond donors (Lipinski definition) is 2. The molecule has 0 unspecified atom stereocenters. The van der Waals surface area contributed by atoms with Gasteiger partial charge in [0, 0.05) is 0 Å². The van der Waals surface area contributed by atoms with Gasteiger partial charge in [0.05, 0.1) is 0 Å². The smallest absolute Gasteiger partial charge is 0.317 e. The number of hydrogen-bond acceptors (Lipinski definition) is 5. The van der Waals surface area contributed by atoms with Crippen molar-refractivity contribution in [1.29, 1.82) is 0 Å². The molecule has 2 N–H and O–H groups in total. The maximum absolute atomic E-state index is 11.1. The molecule has 0 spiro atoms. The summed E-state index contributed by atoms with van der Waals surface area (Å²) >= 11 is 0. The van der Waals surface area contributed by atoms with E-state index in [9.17, 15) is 24.6 Å². The molecule has 1 aliphatic rings. The number of halogens is 2. The maximum Gasteiger partial charge on any atom is 0.387 e. The number of nitrogens with one attached hydrogen (secondary N) is 2. The molecular formula is C4H10F2N2O4S2. The molecule has 1 aliphatic heterocycles. The molecule has 0 aromatic heterocycles. The van der Waals surface area contributed by atoms with Crippen LogP contribution in [0.25, 0.3) is 0 Å². The van der Waals surface area contributed by atoms with Crippen LogP contribution in [0.2, 0.25) is 0 Å². The van der Waals surface area contributed by atoms with E-state index >= 15 is 0 Å². The van der Waals surface area contributed by atoms with Gasteiger partial charge in [0.1, 0.15) is 0 Å². The fraction of sp³-hybridized carbons (Fsp3) is 1.00. The molecule has 0 saturated carbocycles. The summed E-state index contributed by atoms with van der Waals surface area (Å²) in [7, 11) is -11.0. The Bertz CT molecular complexity index is 310. The lowest BCUT2D eigenvalue weighted by Crippen LogP contribution is -2.23. The molecule has 1 saturated heterocycles. The van der Waals surface area contributed by atoms with Gasteiger partial charge in [-0.15, -0.1) is 0 Å². The fourth-order valence-corrected chi connectivity index (χ4v) is 1.70. The largest absolute Gasteiger partial charge is 0.387 e. The van der Waals surface area contributed by atoms with Gasteiger partial charge in [-0.3, -0.25) is 0 Å². The van der Waals surface area contributed by atoms with E-state index in [2.05, 4.69) is 5.32 Å². The molecule has 86 valence electrons. The third-order valence-electron chi connectivity index (χ3n) is 1.16. The van der Waals surface area contributed by atoms with E-state index in [1.54, 1.807) is 0 Å². The lowest BCUT2D eigenvalue weighted by atomic mass is 10.4. The third-order valence-corrected chi connectivity index (χ3v) is 2.75. The first-order chi connectivity index (χ1) is 6.21. The molecule has 0 aliphatic carbocycles. The van der Waals surface area contributed by atoms with Crippen molar-refractivity contribution in [2.45, 2.75) is 12.8 Å². The van der Waals surface area contributed by atoms with Crippen LogP contribution in [0.5, 0.6) is 0 Å². The first-order valence-corrected chi connectivity index (χ1v) is 6.36. The predicted molar refractivity (Wildman–Crippen MR) is 45.3 cm³/mol. The lowest BCUT2D eigenvalue weighted by molar-refractivity contribution is 0.527. The summed E-state index contributed by atoms with van der Waals surface area (Å²) in [5, 5.41) is 3.22. The summed E-state index contributed by atoms with van der Waals surface area (Å²) in [6, 6.07) is 0. The van der Waals surface area contributed by atoms with Gasteiger partial charge in [0.25, 0.3) is 0 Å². The van der Waals surface area contributed by atoms with Crippen molar-refractivity contribution >= 4 is 20.8 Å². The van der Waals surface area contributed by atoms with Gasteiger partial charge in [0.15, 0.2) is 0 Å². The minimum Gasteiger partial charge on any atom is -0.317 e. The van der Waals surface area contributed by atoms with Crippen LogP contribution < -0.4 is 9.44 Å². The second kappa shape index (κ2) is 5.53. The molecule has 0 amide bonds. The molecule has 14 heavy (non-hydrogen) atoms. The van der Waals surface area contributed by atoms with Gasteiger partial charge in [-0.05, 0) is 25.9 Å². The van der Waals surface area contributed by atoms with Gasteiger partial charge < -0.3 is 5.32 Å². The second-order valence-corrected chi connectivity index (χ2v) is 4.83. The Labute approximate surface area is 81.4 Å². The highest BCUT2D eigenvalue weighted by Gasteiger charge is 2.17. The molecule has 1 heterocycles. The Morgan fingerprint density at radius 1 is 0.929 bits per heavy atom. The highest BCUT2D eigenvalue weighted by Crippen LogP contribution is 1.90. The van der Waals surface area contributed by atoms with Crippen LogP contribution in [-0.4, -0.2) is 29.9 Å². The molecule has 0 aromatic carbocycles. The van der Waals surface area contributed by atoms with Crippen LogP contribution in [-0.2, 0) is 20.8 Å². The van der Waals surface area contributed by atoms with Crippen molar-refractivity contribution in [2.24, 2.45) is 0 Å². The third kappa shape index (κ3) is 11.7. The van der Waals surface area contributed by atoms with Crippen LogP contribution in [0, 0.1) is 0 Å². The first-order valence-electron chi connectivity index (χ1n) is 3.59. The van der Waals surface area contributed by atoms with Crippen molar-refractivity contribution in [3.63, 3.8) is 0 Å². The van der Waals surface area contributed by atoms with E-state index in [1.807, 2.05) is 0 Å². The number of rotatable bonds is 2. The Morgan fingerprint density at radius 2 is 1.29 bits per heavy atom. The van der Waals surface area contributed by atoms with Crippen LogP contribution in [0.3, 0.4) is 0 Å². The van der Waals surface area contributed by atoms with Crippen molar-refractivity contribution in [1.82, 2.24) is 9.44 Å². The van der Waals surface area contributed by atoms with Crippen molar-refractivity contribution < 1.29 is 24.6 Å². The van der Waals surface area contributed by atoms with Crippen LogP contribution in [0.1, 0.15) is 12.8 Å². The molecule has 0 aromatic rings. The second-order valence-electron chi connectivity index (χ2n) is 2.42. The van der Waals surface area contributed by atoms with Gasteiger partial charge in [0.2, 0.25) is 0 Å². The van der Waals surface area contributed by atoms with Gasteiger partial charge in [-0.1, -0.05) is 11.9 Å². The zero-order valence-electron chi connectivity index (χ0n) is 7.03. The predicted octanol–water partition coefficient (Wildman–Crippen LogP) is -0.626. The minimum absolute atomic E-state index is 0.0694. The monoisotopic (exact) mass is 252 g/mol. The summed E-state index contributed by atoms with van der Waals surface area (Å²) in [5.41, 5.74) is 0. The van der Waals surface area contributed by atoms with E-state index in [0.717, 1.165) is 0 Å². The Hall–Kier alpha value is -0.320. The average Bonchev–Trinajstić information content (AvgIpc) is 2.29. The molecule has 1 rings (SSSR count). The van der Waals surface area contributed by atoms with Crippen molar-refractivity contribution in [2.75, 3.05) is 13.1 Å². The topological polar surface area (TPSA) is 92.3 Å². The quantitative estimate of drug-likeness (QED) is 0.639. The van der Waals surface area contributed by atoms with Gasteiger partial charge in [-0.25, -0.2) is 0 Å². The zero-order chi connectivity index (χ0) is 11.2. The average molecular weight is 252 g/mol. The zero-order valence-corrected chi connectivity index (χ0v) is 8.67. The van der Waals surface area contributed by atoms with E-state index in [-0.39, 0.29) is 4.13 Å². The molecule has 0 radical (unpaired) electrons. The summed E-state index contributed by atoms with van der Waals surface area (Å²) in [4.78, 5) is 0. The maximum atomic E-state index is 11.1. The Kier molecular flexibility index (Phi) is 5.41. The normalized spacial score (nSPS) is 17.3. The summed E-state index contributed by atoms with van der Waals surface area (Å²) in [6.07, 6.45) is 2.78. The van der Waals surface area contributed by atoms with Gasteiger partial charge >= 0.3 is 20.8 Å². The SMILES string of the molecule is C1CCNC1.O=S(=O)(F)NS(=O)(=O)F. The van der Waals surface area contributed by atoms with Crippen molar-refractivity contribution in [3.8, 4) is 0 Å². The Morgan fingerprint density at radius 3 is 1.36 bits per heavy atom. The first kappa shape index (κ1) is 13.7. The molecular weight excluding hydrogens is 242 g/mol. The lowest BCUT2D eigenvalue weighted by Gasteiger charge is -1.87. The Balaban J connectivity index is 0.000000280. The molecule has 6 nitrogen and oxygen atoms in total. The molecule has 0 atom stereocenters. The van der Waals surface area contributed by atoms with Crippen LogP contribution in [0.4, 0.5) is 7.77 Å². The van der Waals surface area contributed by atoms with E-state index in [0.29, 0.717) is 0 Å². The standard InChI is InChI=1S/C4H9N.F2HNO4S2/c1-2-4-5-3-1;1-8(4,5)3-9(2,6)7/h5H,1-4H2;3H. The minimum atomic E-state index is -5.49. The van der Waals surface area contributed by atoms with Crippen molar-refractivity contribution in [3.05, 3.63) is 0 Å².